The standard InChI is InChI=1S/C21H24FN3O4S3/c1-14-8-10-16(11-9-14)32(28,29)23-19(26)25(27)18-21(2,3)31-20(30)24(18)13-12-15-6-4-5-7-17(15)22/h4-11,18,27H,12-13H2,1-3H3,(H,23,26)/t18-/m0/s1. The molecule has 1 heterocycles. The van der Waals surface area contributed by atoms with Crippen molar-refractivity contribution in [1.29, 1.82) is 0 Å². The van der Waals surface area contributed by atoms with Crippen molar-refractivity contribution in [3.8, 4) is 0 Å². The van der Waals surface area contributed by atoms with E-state index in [0.717, 1.165) is 5.56 Å². The first-order valence-corrected chi connectivity index (χ1v) is 12.5. The molecule has 0 spiro atoms. The van der Waals surface area contributed by atoms with E-state index in [1.807, 2.05) is 11.6 Å². The molecule has 11 heteroatoms. The quantitative estimate of drug-likeness (QED) is 0.355. The van der Waals surface area contributed by atoms with E-state index in [1.165, 1.54) is 30.0 Å². The fourth-order valence-corrected chi connectivity index (χ4v) is 6.30. The first-order chi connectivity index (χ1) is 14.9. The third kappa shape index (κ3) is 5.22. The number of benzene rings is 2. The Hall–Kier alpha value is -2.21. The van der Waals surface area contributed by atoms with Crippen molar-refractivity contribution >= 4 is 44.4 Å². The molecule has 32 heavy (non-hydrogen) atoms. The molecule has 0 saturated carbocycles. The molecule has 0 radical (unpaired) electrons. The second-order valence-electron chi connectivity index (χ2n) is 7.95. The predicted molar refractivity (Wildman–Crippen MR) is 125 cm³/mol. The Kier molecular flexibility index (Phi) is 7.13. The average molecular weight is 498 g/mol. The molecule has 1 aliphatic heterocycles. The van der Waals surface area contributed by atoms with Gasteiger partial charge in [0, 0.05) is 6.54 Å². The number of nitrogens with zero attached hydrogens (tertiary/aromatic N) is 2. The van der Waals surface area contributed by atoms with E-state index >= 15 is 0 Å². The zero-order chi connectivity index (χ0) is 23.7. The zero-order valence-corrected chi connectivity index (χ0v) is 20.2. The van der Waals surface area contributed by atoms with Crippen LogP contribution in [0.4, 0.5) is 9.18 Å². The predicted octanol–water partition coefficient (Wildman–Crippen LogP) is 3.90. The number of urea groups is 1. The van der Waals surface area contributed by atoms with Crippen molar-refractivity contribution in [2.75, 3.05) is 6.54 Å². The van der Waals surface area contributed by atoms with Gasteiger partial charge >= 0.3 is 6.03 Å². The molecule has 0 unspecified atom stereocenters. The minimum atomic E-state index is -4.19. The lowest BCUT2D eigenvalue weighted by molar-refractivity contribution is -0.116. The molecule has 2 aromatic rings. The van der Waals surface area contributed by atoms with Crippen molar-refractivity contribution < 1.29 is 22.8 Å². The van der Waals surface area contributed by atoms with Gasteiger partial charge in [-0.15, -0.1) is 0 Å². The van der Waals surface area contributed by atoms with Crippen LogP contribution >= 0.6 is 24.0 Å². The van der Waals surface area contributed by atoms with Gasteiger partial charge in [-0.1, -0.05) is 59.9 Å². The van der Waals surface area contributed by atoms with E-state index in [-0.39, 0.29) is 23.7 Å². The van der Waals surface area contributed by atoms with Gasteiger partial charge in [0.2, 0.25) is 0 Å². The second kappa shape index (κ2) is 9.34. The van der Waals surface area contributed by atoms with Crippen LogP contribution in [-0.2, 0) is 16.4 Å². The van der Waals surface area contributed by atoms with Crippen molar-refractivity contribution in [2.24, 2.45) is 0 Å². The van der Waals surface area contributed by atoms with Crippen LogP contribution in [0.15, 0.2) is 53.4 Å². The number of hydrogen-bond acceptors (Lipinski definition) is 6. The summed E-state index contributed by atoms with van der Waals surface area (Å²) < 4.78 is 40.7. The lowest BCUT2D eigenvalue weighted by Gasteiger charge is -2.36. The number of carbonyl (C=O) groups is 1. The number of hydroxylamine groups is 2. The Bertz CT molecular complexity index is 1120. The van der Waals surface area contributed by atoms with Gasteiger partial charge in [0.15, 0.2) is 0 Å². The third-order valence-electron chi connectivity index (χ3n) is 5.07. The molecule has 0 aromatic heterocycles. The maximum atomic E-state index is 14.0. The van der Waals surface area contributed by atoms with Gasteiger partial charge < -0.3 is 4.90 Å². The van der Waals surface area contributed by atoms with Crippen LogP contribution in [-0.4, -0.2) is 51.4 Å². The van der Waals surface area contributed by atoms with E-state index in [9.17, 15) is 22.8 Å². The van der Waals surface area contributed by atoms with Crippen molar-refractivity contribution in [3.05, 3.63) is 65.5 Å². The summed E-state index contributed by atoms with van der Waals surface area (Å²) in [4.78, 5) is 14.2. The number of amides is 2. The highest BCUT2D eigenvalue weighted by atomic mass is 32.2. The third-order valence-corrected chi connectivity index (χ3v) is 8.04. The van der Waals surface area contributed by atoms with Gasteiger partial charge in [0.05, 0.1) is 9.64 Å². The number of carbonyl (C=O) groups excluding carboxylic acids is 1. The Labute approximate surface area is 196 Å². The summed E-state index contributed by atoms with van der Waals surface area (Å²) >= 11 is 6.70. The molecular formula is C21H24FN3O4S3. The number of hydrogen-bond donors (Lipinski definition) is 2. The number of thiocarbonyl (C=S) groups is 1. The summed E-state index contributed by atoms with van der Waals surface area (Å²) in [6, 6.07) is 11.1. The summed E-state index contributed by atoms with van der Waals surface area (Å²) in [7, 11) is -4.19. The summed E-state index contributed by atoms with van der Waals surface area (Å²) in [5, 5.41) is 11.1. The SMILES string of the molecule is Cc1ccc(S(=O)(=O)NC(=O)N(O)[C@@H]2N(CCc3ccccc3F)C(=S)SC2(C)C)cc1. The van der Waals surface area contributed by atoms with Crippen LogP contribution in [0.25, 0.3) is 0 Å². The Balaban J connectivity index is 1.78. The monoisotopic (exact) mass is 497 g/mol. The first-order valence-electron chi connectivity index (χ1n) is 9.77. The van der Waals surface area contributed by atoms with Crippen molar-refractivity contribution in [1.82, 2.24) is 14.7 Å². The number of rotatable bonds is 6. The van der Waals surface area contributed by atoms with Crippen LogP contribution in [0, 0.1) is 12.7 Å². The highest BCUT2D eigenvalue weighted by Gasteiger charge is 2.49. The molecule has 1 atom stereocenters. The number of nitrogens with one attached hydrogen (secondary N) is 1. The van der Waals surface area contributed by atoms with Crippen LogP contribution in [0.5, 0.6) is 0 Å². The molecule has 172 valence electrons. The molecule has 2 N–H and O–H groups in total. The zero-order valence-electron chi connectivity index (χ0n) is 17.8. The van der Waals surface area contributed by atoms with E-state index in [1.54, 1.807) is 49.1 Å². The normalized spacial score (nSPS) is 18.0. The molecule has 1 saturated heterocycles. The highest BCUT2D eigenvalue weighted by molar-refractivity contribution is 8.24. The fraction of sp³-hybridized carbons (Fsp3) is 0.333. The van der Waals surface area contributed by atoms with E-state index in [4.69, 9.17) is 12.2 Å². The largest absolute Gasteiger partial charge is 0.357 e. The Morgan fingerprint density at radius 1 is 1.25 bits per heavy atom. The molecular weight excluding hydrogens is 473 g/mol. The van der Waals surface area contributed by atoms with Crippen molar-refractivity contribution in [2.45, 2.75) is 43.0 Å². The molecule has 0 aliphatic carbocycles. The number of thioether (sulfide) groups is 1. The van der Waals surface area contributed by atoms with Gasteiger partial charge in [-0.05, 0) is 51.0 Å². The molecule has 2 amide bonds. The first kappa shape index (κ1) is 24.4. The lowest BCUT2D eigenvalue weighted by atomic mass is 10.1. The lowest BCUT2D eigenvalue weighted by Crippen LogP contribution is -2.57. The Morgan fingerprint density at radius 3 is 2.50 bits per heavy atom. The van der Waals surface area contributed by atoms with Gasteiger partial charge in [0.1, 0.15) is 16.3 Å². The molecule has 1 fully saturated rings. The summed E-state index contributed by atoms with van der Waals surface area (Å²) in [6.45, 7) is 5.60. The molecule has 7 nitrogen and oxygen atoms in total. The fourth-order valence-electron chi connectivity index (χ4n) is 3.44. The van der Waals surface area contributed by atoms with Crippen molar-refractivity contribution in [3.63, 3.8) is 0 Å². The smallest absolute Gasteiger partial charge is 0.333 e. The molecule has 3 rings (SSSR count). The van der Waals surface area contributed by atoms with E-state index in [0.29, 0.717) is 14.9 Å². The average Bonchev–Trinajstić information content (AvgIpc) is 2.94. The summed E-state index contributed by atoms with van der Waals surface area (Å²) in [6.07, 6.45) is -0.670. The summed E-state index contributed by atoms with van der Waals surface area (Å²) in [5.41, 5.74) is 1.34. The number of halogens is 1. The summed E-state index contributed by atoms with van der Waals surface area (Å²) in [5.74, 6) is -0.358. The maximum Gasteiger partial charge on any atom is 0.357 e. The Morgan fingerprint density at radius 2 is 1.88 bits per heavy atom. The molecule has 2 aromatic carbocycles. The van der Waals surface area contributed by atoms with Gasteiger partial charge in [-0.3, -0.25) is 5.21 Å². The van der Waals surface area contributed by atoms with E-state index < -0.39 is 27.0 Å². The number of aryl methyl sites for hydroxylation is 1. The van der Waals surface area contributed by atoms with Crippen LogP contribution < -0.4 is 4.72 Å². The number of sulfonamides is 1. The maximum absolute atomic E-state index is 14.0. The van der Waals surface area contributed by atoms with Gasteiger partial charge in [-0.25, -0.2) is 22.3 Å². The topological polar surface area (TPSA) is 90.0 Å². The van der Waals surface area contributed by atoms with E-state index in [2.05, 4.69) is 0 Å². The highest BCUT2D eigenvalue weighted by Crippen LogP contribution is 2.42. The van der Waals surface area contributed by atoms with Crippen LogP contribution in [0.2, 0.25) is 0 Å². The van der Waals surface area contributed by atoms with Crippen LogP contribution in [0.1, 0.15) is 25.0 Å². The van der Waals surface area contributed by atoms with Gasteiger partial charge in [-0.2, -0.15) is 5.06 Å². The minimum Gasteiger partial charge on any atom is -0.333 e. The minimum absolute atomic E-state index is 0.100. The van der Waals surface area contributed by atoms with Gasteiger partial charge in [0.25, 0.3) is 10.0 Å². The van der Waals surface area contributed by atoms with Crippen LogP contribution in [0.3, 0.4) is 0 Å². The molecule has 1 aliphatic rings. The molecule has 0 bridgehead atoms. The second-order valence-corrected chi connectivity index (χ2v) is 11.9.